The lowest BCUT2D eigenvalue weighted by Crippen LogP contribution is -2.62. The first-order valence-electron chi connectivity index (χ1n) is 11.9. The molecule has 1 N–H and O–H groups in total. The Bertz CT molecular complexity index is 1440. The second-order valence-electron chi connectivity index (χ2n) is 9.44. The minimum atomic E-state index is -0.551. The van der Waals surface area contributed by atoms with Crippen molar-refractivity contribution in [2.45, 2.75) is 32.0 Å². The van der Waals surface area contributed by atoms with Crippen molar-refractivity contribution in [1.82, 2.24) is 14.8 Å². The molecule has 0 aliphatic carbocycles. The Morgan fingerprint density at radius 2 is 1.80 bits per heavy atom. The zero-order valence-electron chi connectivity index (χ0n) is 19.8. The number of methoxy groups -OCH3 is 1. The molecule has 3 aromatic carbocycles. The lowest BCUT2D eigenvalue weighted by molar-refractivity contribution is -0.159. The zero-order chi connectivity index (χ0) is 24.1. The van der Waals surface area contributed by atoms with Gasteiger partial charge in [0.1, 0.15) is 18.3 Å². The molecule has 0 radical (unpaired) electrons. The number of rotatable bonds is 4. The molecule has 35 heavy (non-hydrogen) atoms. The van der Waals surface area contributed by atoms with Crippen molar-refractivity contribution in [3.63, 3.8) is 0 Å². The molecule has 1 saturated heterocycles. The number of nitrogens with zero attached hydrogens (tertiary/aromatic N) is 2. The van der Waals surface area contributed by atoms with E-state index in [1.54, 1.807) is 16.9 Å². The first-order valence-corrected chi connectivity index (χ1v) is 11.9. The third-order valence-electron chi connectivity index (χ3n) is 7.25. The number of para-hydroxylation sites is 1. The first kappa shape index (κ1) is 21.5. The summed E-state index contributed by atoms with van der Waals surface area (Å²) >= 11 is 0. The summed E-state index contributed by atoms with van der Waals surface area (Å²) in [6.07, 6.45) is 0.495. The summed E-state index contributed by atoms with van der Waals surface area (Å²) < 4.78 is 5.48. The van der Waals surface area contributed by atoms with Gasteiger partial charge in [0, 0.05) is 29.6 Å². The summed E-state index contributed by atoms with van der Waals surface area (Å²) in [6, 6.07) is 23.1. The number of aryl methyl sites for hydroxylation is 1. The average Bonchev–Trinajstić information content (AvgIpc) is 3.25. The quantitative estimate of drug-likeness (QED) is 0.487. The molecule has 0 spiro atoms. The highest BCUT2D eigenvalue weighted by atomic mass is 16.5. The largest absolute Gasteiger partial charge is 0.497 e. The predicted octanol–water partition coefficient (Wildman–Crippen LogP) is 4.37. The van der Waals surface area contributed by atoms with E-state index in [2.05, 4.69) is 11.1 Å². The third-order valence-corrected chi connectivity index (χ3v) is 7.25. The van der Waals surface area contributed by atoms with Crippen molar-refractivity contribution in [2.24, 2.45) is 0 Å². The molecule has 0 unspecified atom stereocenters. The summed E-state index contributed by atoms with van der Waals surface area (Å²) in [4.78, 5) is 34.6. The summed E-state index contributed by atoms with van der Waals surface area (Å²) in [5.41, 5.74) is 6.22. The summed E-state index contributed by atoms with van der Waals surface area (Å²) in [7, 11) is 1.63. The number of ether oxygens (including phenoxy) is 1. The van der Waals surface area contributed by atoms with Crippen molar-refractivity contribution >= 4 is 22.7 Å². The molecule has 176 valence electrons. The number of amides is 2. The van der Waals surface area contributed by atoms with Gasteiger partial charge in [0.25, 0.3) is 0 Å². The van der Waals surface area contributed by atoms with E-state index in [1.807, 2.05) is 73.7 Å². The maximum absolute atomic E-state index is 13.8. The molecule has 6 nitrogen and oxygen atoms in total. The number of aromatic amines is 1. The standard InChI is InChI=1S/C29H27N3O3/c1-18-10-12-19(13-11-18)16-31-17-26(33)32-25(29(31)34)15-23-22-8-3-4-9-24(22)30-27(23)28(32)20-6-5-7-21(14-20)35-2/h3-14,25,28,30H,15-17H2,1-2H3/t25-,28-/m0/s1. The number of fused-ring (bicyclic) bond motifs is 4. The molecule has 2 aliphatic rings. The smallest absolute Gasteiger partial charge is 0.246 e. The van der Waals surface area contributed by atoms with Crippen LogP contribution in [-0.4, -0.2) is 46.3 Å². The number of hydrogen-bond acceptors (Lipinski definition) is 3. The molecule has 6 rings (SSSR count). The maximum atomic E-state index is 13.8. The lowest BCUT2D eigenvalue weighted by atomic mass is 9.86. The van der Waals surface area contributed by atoms with Crippen LogP contribution in [0.1, 0.15) is 34.0 Å². The Hall–Kier alpha value is -4.06. The van der Waals surface area contributed by atoms with Crippen LogP contribution in [-0.2, 0) is 22.6 Å². The molecule has 4 aromatic rings. The van der Waals surface area contributed by atoms with Gasteiger partial charge < -0.3 is 19.5 Å². The average molecular weight is 466 g/mol. The van der Waals surface area contributed by atoms with Gasteiger partial charge in [-0.25, -0.2) is 0 Å². The number of hydrogen-bond donors (Lipinski definition) is 1. The SMILES string of the molecule is COc1cccc([C@H]2c3[nH]c4ccccc4c3C[C@H]3C(=O)N(Cc4ccc(C)cc4)CC(=O)N23)c1. The molecule has 2 atom stereocenters. The first-order chi connectivity index (χ1) is 17.0. The van der Waals surface area contributed by atoms with Gasteiger partial charge in [-0.1, -0.05) is 60.2 Å². The van der Waals surface area contributed by atoms with E-state index in [0.29, 0.717) is 13.0 Å². The van der Waals surface area contributed by atoms with Crippen LogP contribution in [0.15, 0.2) is 72.8 Å². The van der Waals surface area contributed by atoms with Crippen molar-refractivity contribution < 1.29 is 14.3 Å². The van der Waals surface area contributed by atoms with Crippen LogP contribution in [0.5, 0.6) is 5.75 Å². The Morgan fingerprint density at radius 3 is 2.60 bits per heavy atom. The van der Waals surface area contributed by atoms with E-state index in [1.165, 1.54) is 5.56 Å². The summed E-state index contributed by atoms with van der Waals surface area (Å²) in [5, 5.41) is 1.10. The Kier molecular flexibility index (Phi) is 5.10. The minimum absolute atomic E-state index is 0.00555. The number of carbonyl (C=O) groups excluding carboxylic acids is 2. The fourth-order valence-electron chi connectivity index (χ4n) is 5.53. The zero-order valence-corrected chi connectivity index (χ0v) is 19.8. The molecule has 3 heterocycles. The highest BCUT2D eigenvalue weighted by Gasteiger charge is 2.48. The summed E-state index contributed by atoms with van der Waals surface area (Å²) in [6.45, 7) is 2.54. The Labute approximate surface area is 204 Å². The van der Waals surface area contributed by atoms with Gasteiger partial charge in [0.15, 0.2) is 0 Å². The van der Waals surface area contributed by atoms with Crippen molar-refractivity contribution in [3.8, 4) is 5.75 Å². The van der Waals surface area contributed by atoms with Crippen LogP contribution >= 0.6 is 0 Å². The second kappa shape index (κ2) is 8.31. The number of aromatic nitrogens is 1. The predicted molar refractivity (Wildman–Crippen MR) is 134 cm³/mol. The van der Waals surface area contributed by atoms with Crippen LogP contribution in [0.2, 0.25) is 0 Å². The van der Waals surface area contributed by atoms with Crippen molar-refractivity contribution in [1.29, 1.82) is 0 Å². The van der Waals surface area contributed by atoms with Crippen LogP contribution in [0.3, 0.4) is 0 Å². The van der Waals surface area contributed by atoms with Gasteiger partial charge in [0.05, 0.1) is 13.2 Å². The molecular formula is C29H27N3O3. The van der Waals surface area contributed by atoms with Gasteiger partial charge >= 0.3 is 0 Å². The molecule has 0 saturated carbocycles. The van der Waals surface area contributed by atoms with Crippen LogP contribution in [0.4, 0.5) is 0 Å². The number of piperazine rings is 1. The fraction of sp³-hybridized carbons (Fsp3) is 0.241. The molecule has 2 aliphatic heterocycles. The maximum Gasteiger partial charge on any atom is 0.246 e. The van der Waals surface area contributed by atoms with E-state index >= 15 is 0 Å². The van der Waals surface area contributed by atoms with E-state index < -0.39 is 6.04 Å². The van der Waals surface area contributed by atoms with Gasteiger partial charge in [-0.15, -0.1) is 0 Å². The number of H-pyrrole nitrogens is 1. The van der Waals surface area contributed by atoms with E-state index in [4.69, 9.17) is 4.74 Å². The van der Waals surface area contributed by atoms with Crippen LogP contribution < -0.4 is 4.74 Å². The van der Waals surface area contributed by atoms with Crippen molar-refractivity contribution in [2.75, 3.05) is 13.7 Å². The molecule has 1 fully saturated rings. The van der Waals surface area contributed by atoms with Gasteiger partial charge in [-0.3, -0.25) is 9.59 Å². The Morgan fingerprint density at radius 1 is 1.00 bits per heavy atom. The van der Waals surface area contributed by atoms with Gasteiger partial charge in [0.2, 0.25) is 11.8 Å². The van der Waals surface area contributed by atoms with Gasteiger partial charge in [-0.05, 0) is 41.8 Å². The molecule has 1 aromatic heterocycles. The topological polar surface area (TPSA) is 65.6 Å². The molecular weight excluding hydrogens is 438 g/mol. The fourth-order valence-corrected chi connectivity index (χ4v) is 5.53. The number of benzene rings is 3. The minimum Gasteiger partial charge on any atom is -0.497 e. The van der Waals surface area contributed by atoms with Crippen molar-refractivity contribution in [3.05, 3.63) is 101 Å². The van der Waals surface area contributed by atoms with E-state index in [-0.39, 0.29) is 24.4 Å². The highest BCUT2D eigenvalue weighted by Crippen LogP contribution is 2.43. The van der Waals surface area contributed by atoms with E-state index in [9.17, 15) is 9.59 Å². The normalized spacial score (nSPS) is 19.6. The molecule has 6 heteroatoms. The monoisotopic (exact) mass is 465 g/mol. The van der Waals surface area contributed by atoms with Crippen LogP contribution in [0.25, 0.3) is 10.9 Å². The lowest BCUT2D eigenvalue weighted by Gasteiger charge is -2.47. The number of carbonyl (C=O) groups is 2. The number of nitrogens with one attached hydrogen (secondary N) is 1. The van der Waals surface area contributed by atoms with Gasteiger partial charge in [-0.2, -0.15) is 0 Å². The third kappa shape index (κ3) is 3.57. The van der Waals surface area contributed by atoms with E-state index in [0.717, 1.165) is 39.0 Å². The Balaban J connectivity index is 1.45. The highest BCUT2D eigenvalue weighted by molar-refractivity contribution is 5.97. The second-order valence-corrected chi connectivity index (χ2v) is 9.44. The summed E-state index contributed by atoms with van der Waals surface area (Å²) in [5.74, 6) is 0.673. The molecule has 2 amide bonds. The van der Waals surface area contributed by atoms with Crippen LogP contribution in [0, 0.1) is 6.92 Å². The molecule has 0 bridgehead atoms.